The minimum Gasteiger partial charge on any atom is -0.506 e. The number of alkyl halides is 3. The number of hydrogen-bond acceptors (Lipinski definition) is 7. The van der Waals surface area contributed by atoms with Gasteiger partial charge in [0.15, 0.2) is 11.2 Å². The molecule has 0 fully saturated rings. The van der Waals surface area contributed by atoms with Crippen LogP contribution in [0.5, 0.6) is 5.75 Å². The van der Waals surface area contributed by atoms with Crippen molar-refractivity contribution in [2.45, 2.75) is 19.7 Å². The number of ether oxygens (including phenoxy) is 1. The number of nitrogens with one attached hydrogen (secondary N) is 1. The number of fused-ring (bicyclic) bond motifs is 1. The summed E-state index contributed by atoms with van der Waals surface area (Å²) in [5.74, 6) is -2.46. The Morgan fingerprint density at radius 1 is 1.18 bits per heavy atom. The van der Waals surface area contributed by atoms with Gasteiger partial charge >= 0.3 is 17.7 Å². The minimum absolute atomic E-state index is 0.00537. The van der Waals surface area contributed by atoms with Crippen molar-refractivity contribution in [1.82, 2.24) is 15.0 Å². The molecule has 0 aliphatic carbocycles. The first-order valence-electron chi connectivity index (χ1n) is 9.59. The first-order valence-corrected chi connectivity index (χ1v) is 9.59. The van der Waals surface area contributed by atoms with Crippen molar-refractivity contribution in [3.8, 4) is 5.75 Å². The van der Waals surface area contributed by atoms with Gasteiger partial charge in [0.2, 0.25) is 0 Å². The van der Waals surface area contributed by atoms with Crippen molar-refractivity contribution in [2.75, 3.05) is 13.2 Å². The molecule has 2 heterocycles. The highest BCUT2D eigenvalue weighted by Gasteiger charge is 2.30. The molecule has 33 heavy (non-hydrogen) atoms. The predicted molar refractivity (Wildman–Crippen MR) is 108 cm³/mol. The summed E-state index contributed by atoms with van der Waals surface area (Å²) in [5.41, 5.74) is -2.44. The first kappa shape index (κ1) is 23.6. The molecule has 1 aromatic carbocycles. The maximum atomic E-state index is 12.9. The lowest BCUT2D eigenvalue weighted by Crippen LogP contribution is -2.38. The Hall–Kier alpha value is -4.09. The van der Waals surface area contributed by atoms with Gasteiger partial charge in [-0.1, -0.05) is 12.1 Å². The van der Waals surface area contributed by atoms with Gasteiger partial charge < -0.3 is 20.0 Å². The normalized spacial score (nSPS) is 11.3. The average molecular weight is 465 g/mol. The molecule has 0 radical (unpaired) electrons. The van der Waals surface area contributed by atoms with E-state index in [2.05, 4.69) is 10.3 Å². The summed E-state index contributed by atoms with van der Waals surface area (Å²) in [5, 5.41) is 12.7. The molecule has 0 aliphatic heterocycles. The van der Waals surface area contributed by atoms with Crippen LogP contribution in [0.3, 0.4) is 0 Å². The van der Waals surface area contributed by atoms with Crippen LogP contribution >= 0.6 is 0 Å². The van der Waals surface area contributed by atoms with Crippen molar-refractivity contribution in [2.24, 2.45) is 0 Å². The van der Waals surface area contributed by atoms with Crippen molar-refractivity contribution in [3.05, 3.63) is 69.6 Å². The van der Waals surface area contributed by atoms with Gasteiger partial charge in [0.25, 0.3) is 5.91 Å². The fourth-order valence-electron chi connectivity index (χ4n) is 2.88. The van der Waals surface area contributed by atoms with Gasteiger partial charge in [-0.05, 0) is 36.8 Å². The Labute approximate surface area is 184 Å². The number of carbonyl (C=O) groups is 2. The molecule has 1 amide bonds. The summed E-state index contributed by atoms with van der Waals surface area (Å²) in [6.45, 7) is 0.794. The summed E-state index contributed by atoms with van der Waals surface area (Å²) in [6, 6.07) is 6.92. The SMILES string of the molecule is CCOC(=O)CNC(=O)c1c(O)c2cccnc2n(OCc2ccc(C(F)(F)F)cc2)c1=O. The van der Waals surface area contributed by atoms with Gasteiger partial charge in [0.1, 0.15) is 18.9 Å². The van der Waals surface area contributed by atoms with E-state index in [1.54, 1.807) is 6.92 Å². The van der Waals surface area contributed by atoms with Gasteiger partial charge in [-0.15, -0.1) is 4.73 Å². The zero-order valence-electron chi connectivity index (χ0n) is 17.2. The number of rotatable bonds is 7. The fourth-order valence-corrected chi connectivity index (χ4v) is 2.88. The molecule has 9 nitrogen and oxygen atoms in total. The number of aromatic hydroxyl groups is 1. The average Bonchev–Trinajstić information content (AvgIpc) is 2.77. The Morgan fingerprint density at radius 3 is 2.52 bits per heavy atom. The lowest BCUT2D eigenvalue weighted by atomic mass is 10.1. The number of benzene rings is 1. The maximum absolute atomic E-state index is 12.9. The molecule has 2 aromatic heterocycles. The molecular weight excluding hydrogens is 447 g/mol. The number of hydrogen-bond donors (Lipinski definition) is 2. The summed E-state index contributed by atoms with van der Waals surface area (Å²) >= 11 is 0. The van der Waals surface area contributed by atoms with Gasteiger partial charge in [-0.25, -0.2) is 4.98 Å². The van der Waals surface area contributed by atoms with Crippen molar-refractivity contribution in [3.63, 3.8) is 0 Å². The largest absolute Gasteiger partial charge is 0.506 e. The van der Waals surface area contributed by atoms with Crippen LogP contribution in [0.4, 0.5) is 13.2 Å². The molecule has 174 valence electrons. The number of carbonyl (C=O) groups excluding carboxylic acids is 2. The van der Waals surface area contributed by atoms with Crippen molar-refractivity contribution < 1.29 is 37.4 Å². The Kier molecular flexibility index (Phi) is 6.85. The Balaban J connectivity index is 1.93. The summed E-state index contributed by atoms with van der Waals surface area (Å²) < 4.78 is 43.6. The van der Waals surface area contributed by atoms with Crippen molar-refractivity contribution >= 4 is 22.9 Å². The van der Waals surface area contributed by atoms with Gasteiger partial charge in [-0.3, -0.25) is 14.4 Å². The zero-order chi connectivity index (χ0) is 24.2. The molecule has 3 rings (SSSR count). The lowest BCUT2D eigenvalue weighted by Gasteiger charge is -2.15. The fraction of sp³-hybridized carbons (Fsp3) is 0.238. The molecule has 0 saturated carbocycles. The van der Waals surface area contributed by atoms with Crippen LogP contribution in [0, 0.1) is 0 Å². The lowest BCUT2D eigenvalue weighted by molar-refractivity contribution is -0.142. The molecule has 12 heteroatoms. The van der Waals surface area contributed by atoms with Crippen LogP contribution in [0.25, 0.3) is 11.0 Å². The van der Waals surface area contributed by atoms with Gasteiger partial charge in [0, 0.05) is 6.20 Å². The van der Waals surface area contributed by atoms with Crippen LogP contribution in [0.2, 0.25) is 0 Å². The summed E-state index contributed by atoms with van der Waals surface area (Å²) in [6.07, 6.45) is -3.18. The van der Waals surface area contributed by atoms with Crippen LogP contribution < -0.4 is 15.7 Å². The van der Waals surface area contributed by atoms with E-state index in [0.717, 1.165) is 12.1 Å². The molecule has 0 spiro atoms. The maximum Gasteiger partial charge on any atom is 0.416 e. The number of halogens is 3. The standard InChI is InChI=1S/C21H18F3N3O6/c1-2-32-15(28)10-26-19(30)16-17(29)14-4-3-9-25-18(14)27(20(16)31)33-11-12-5-7-13(8-6-12)21(22,23)24/h3-9,29H,2,10-11H2,1H3,(H,26,30). The molecule has 0 unspecified atom stereocenters. The van der Waals surface area contributed by atoms with Crippen LogP contribution in [0.15, 0.2) is 47.4 Å². The van der Waals surface area contributed by atoms with E-state index in [0.29, 0.717) is 10.3 Å². The number of aromatic nitrogens is 2. The van der Waals surface area contributed by atoms with E-state index in [4.69, 9.17) is 9.57 Å². The second-order valence-electron chi connectivity index (χ2n) is 6.65. The van der Waals surface area contributed by atoms with Gasteiger partial charge in [0.05, 0.1) is 17.6 Å². The zero-order valence-corrected chi connectivity index (χ0v) is 17.2. The highest BCUT2D eigenvalue weighted by atomic mass is 19.4. The molecule has 0 saturated heterocycles. The number of nitrogens with zero attached hydrogens (tertiary/aromatic N) is 2. The number of esters is 1. The smallest absolute Gasteiger partial charge is 0.416 e. The monoisotopic (exact) mass is 465 g/mol. The van der Waals surface area contributed by atoms with Crippen molar-refractivity contribution in [1.29, 1.82) is 0 Å². The predicted octanol–water partition coefficient (Wildman–Crippen LogP) is 2.04. The third-order valence-corrected chi connectivity index (χ3v) is 4.44. The van der Waals surface area contributed by atoms with E-state index in [1.165, 1.54) is 30.5 Å². The number of pyridine rings is 2. The third-order valence-electron chi connectivity index (χ3n) is 4.44. The van der Waals surface area contributed by atoms with E-state index < -0.39 is 47.0 Å². The minimum atomic E-state index is -4.50. The highest BCUT2D eigenvalue weighted by molar-refractivity contribution is 6.02. The van der Waals surface area contributed by atoms with Crippen LogP contribution in [0.1, 0.15) is 28.4 Å². The van der Waals surface area contributed by atoms with Crippen LogP contribution in [-0.4, -0.2) is 39.8 Å². The van der Waals surface area contributed by atoms with Crippen LogP contribution in [-0.2, 0) is 22.3 Å². The molecule has 0 atom stereocenters. The molecule has 3 aromatic rings. The topological polar surface area (TPSA) is 120 Å². The number of amides is 1. The second-order valence-corrected chi connectivity index (χ2v) is 6.65. The third kappa shape index (κ3) is 5.22. The quantitative estimate of drug-likeness (QED) is 0.513. The summed E-state index contributed by atoms with van der Waals surface area (Å²) in [7, 11) is 0. The van der Waals surface area contributed by atoms with Gasteiger partial charge in [-0.2, -0.15) is 13.2 Å². The van der Waals surface area contributed by atoms with E-state index in [9.17, 15) is 32.7 Å². The van der Waals surface area contributed by atoms with E-state index in [1.807, 2.05) is 0 Å². The second kappa shape index (κ2) is 9.59. The molecular formula is C21H18F3N3O6. The first-order chi connectivity index (χ1) is 15.6. The highest BCUT2D eigenvalue weighted by Crippen LogP contribution is 2.29. The van der Waals surface area contributed by atoms with E-state index >= 15 is 0 Å². The molecule has 2 N–H and O–H groups in total. The Morgan fingerprint density at radius 2 is 1.88 bits per heavy atom. The molecule has 0 aliphatic rings. The Bertz CT molecular complexity index is 1240. The molecule has 0 bridgehead atoms. The van der Waals surface area contributed by atoms with E-state index in [-0.39, 0.29) is 24.2 Å². The summed E-state index contributed by atoms with van der Waals surface area (Å²) in [4.78, 5) is 46.4.